The van der Waals surface area contributed by atoms with Gasteiger partial charge in [-0.2, -0.15) is 0 Å². The highest BCUT2D eigenvalue weighted by molar-refractivity contribution is 5.81. The van der Waals surface area contributed by atoms with Crippen molar-refractivity contribution in [1.29, 1.82) is 0 Å². The monoisotopic (exact) mass is 428 g/mol. The number of carbonyl (C=O) groups is 1. The van der Waals surface area contributed by atoms with Crippen LogP contribution < -0.4 is 32.7 Å². The van der Waals surface area contributed by atoms with Crippen LogP contribution in [0.4, 0.5) is 0 Å². The molecule has 0 bridgehead atoms. The Morgan fingerprint density at radius 3 is 2.00 bits per heavy atom. The van der Waals surface area contributed by atoms with Crippen molar-refractivity contribution < 1.29 is 4.79 Å². The van der Waals surface area contributed by atoms with Gasteiger partial charge in [0.1, 0.15) is 0 Å². The van der Waals surface area contributed by atoms with Crippen molar-refractivity contribution in [2.75, 3.05) is 45.8 Å². The van der Waals surface area contributed by atoms with E-state index in [1.165, 1.54) is 6.42 Å². The Bertz CT molecular complexity index is 400. The summed E-state index contributed by atoms with van der Waals surface area (Å²) in [4.78, 5) is 12.1. The molecule has 2 atom stereocenters. The second-order valence-electron chi connectivity index (χ2n) is 9.72. The predicted molar refractivity (Wildman–Crippen MR) is 130 cm³/mol. The van der Waals surface area contributed by atoms with Crippen LogP contribution in [0.3, 0.4) is 0 Å². The highest BCUT2D eigenvalue weighted by Crippen LogP contribution is 2.20. The molecular weight excluding hydrogens is 376 g/mol. The number of rotatable bonds is 20. The lowest BCUT2D eigenvalue weighted by molar-refractivity contribution is -0.122. The molecule has 7 heteroatoms. The van der Waals surface area contributed by atoms with Crippen LogP contribution in [0.15, 0.2) is 0 Å². The van der Waals surface area contributed by atoms with Gasteiger partial charge in [-0.1, -0.05) is 27.2 Å². The van der Waals surface area contributed by atoms with Gasteiger partial charge < -0.3 is 32.7 Å². The number of unbranched alkanes of at least 4 members (excludes halogenated alkanes) is 2. The number of nitrogens with one attached hydrogen (secondary N) is 4. The van der Waals surface area contributed by atoms with Gasteiger partial charge in [0.2, 0.25) is 5.91 Å². The molecule has 0 aromatic rings. The first-order chi connectivity index (χ1) is 14.3. The van der Waals surface area contributed by atoms with Crippen molar-refractivity contribution in [2.45, 2.75) is 91.1 Å². The average molecular weight is 429 g/mol. The van der Waals surface area contributed by atoms with E-state index in [2.05, 4.69) is 49.0 Å². The van der Waals surface area contributed by atoms with Crippen LogP contribution in [-0.2, 0) is 4.79 Å². The largest absolute Gasteiger partial charge is 0.355 e. The molecule has 1 unspecified atom stereocenters. The third-order valence-corrected chi connectivity index (χ3v) is 5.03. The van der Waals surface area contributed by atoms with Crippen LogP contribution in [0, 0.1) is 5.41 Å². The van der Waals surface area contributed by atoms with Crippen LogP contribution in [0.1, 0.15) is 79.1 Å². The summed E-state index contributed by atoms with van der Waals surface area (Å²) in [5, 5.41) is 13.3. The van der Waals surface area contributed by atoms with Crippen molar-refractivity contribution >= 4 is 5.91 Å². The van der Waals surface area contributed by atoms with Crippen molar-refractivity contribution in [3.63, 3.8) is 0 Å². The van der Waals surface area contributed by atoms with Crippen LogP contribution >= 0.6 is 0 Å². The van der Waals surface area contributed by atoms with E-state index in [1.54, 1.807) is 0 Å². The van der Waals surface area contributed by atoms with E-state index in [-0.39, 0.29) is 5.91 Å². The highest BCUT2D eigenvalue weighted by atomic mass is 16.2. The Labute approximate surface area is 186 Å². The average Bonchev–Trinajstić information content (AvgIpc) is 2.66. The zero-order valence-electron chi connectivity index (χ0n) is 20.3. The lowest BCUT2D eigenvalue weighted by Crippen LogP contribution is -2.41. The van der Waals surface area contributed by atoms with Crippen molar-refractivity contribution in [1.82, 2.24) is 21.3 Å². The molecule has 0 aliphatic carbocycles. The standard InChI is InChI=1S/C23H52N6O/c1-20(19-23(2,3)4)28-17-6-5-11-21(25)22(30)29-18-10-16-27-14-8-7-13-26-15-9-12-24/h20-21,26-28H,5-19,24-25H2,1-4H3,(H,29,30)/t20?,21-/m1/s1. The van der Waals surface area contributed by atoms with Crippen LogP contribution in [0.25, 0.3) is 0 Å². The number of hydrogen-bond donors (Lipinski definition) is 6. The summed E-state index contributed by atoms with van der Waals surface area (Å²) in [6, 6.07) is 0.130. The van der Waals surface area contributed by atoms with Gasteiger partial charge in [0.25, 0.3) is 0 Å². The van der Waals surface area contributed by atoms with Crippen molar-refractivity contribution in [3.05, 3.63) is 0 Å². The molecule has 0 aromatic heterocycles. The van der Waals surface area contributed by atoms with Crippen molar-refractivity contribution in [3.8, 4) is 0 Å². The molecule has 0 aromatic carbocycles. The molecule has 0 saturated carbocycles. The molecule has 0 fully saturated rings. The lowest BCUT2D eigenvalue weighted by Gasteiger charge is -2.24. The fourth-order valence-electron chi connectivity index (χ4n) is 3.49. The third kappa shape index (κ3) is 20.5. The van der Waals surface area contributed by atoms with E-state index < -0.39 is 6.04 Å². The van der Waals surface area contributed by atoms with Crippen LogP contribution in [-0.4, -0.2) is 63.8 Å². The molecule has 0 radical (unpaired) electrons. The van der Waals surface area contributed by atoms with Gasteiger partial charge in [-0.3, -0.25) is 4.79 Å². The van der Waals surface area contributed by atoms with Gasteiger partial charge in [-0.05, 0) is 96.6 Å². The minimum absolute atomic E-state index is 0.0207. The third-order valence-electron chi connectivity index (χ3n) is 5.03. The molecular formula is C23H52N6O. The Kier molecular flexibility index (Phi) is 18.5. The lowest BCUT2D eigenvalue weighted by atomic mass is 9.89. The van der Waals surface area contributed by atoms with Gasteiger partial charge in [0, 0.05) is 12.6 Å². The first-order valence-electron chi connectivity index (χ1n) is 12.1. The number of amides is 1. The topological polar surface area (TPSA) is 117 Å². The predicted octanol–water partition coefficient (Wildman–Crippen LogP) is 1.71. The fraction of sp³-hybridized carbons (Fsp3) is 0.957. The minimum Gasteiger partial charge on any atom is -0.355 e. The number of nitrogens with two attached hydrogens (primary N) is 2. The molecule has 0 rings (SSSR count). The van der Waals surface area contributed by atoms with Crippen molar-refractivity contribution in [2.24, 2.45) is 16.9 Å². The second kappa shape index (κ2) is 19.0. The molecule has 0 saturated heterocycles. The molecule has 8 N–H and O–H groups in total. The zero-order chi connectivity index (χ0) is 22.7. The molecule has 0 aliphatic rings. The maximum Gasteiger partial charge on any atom is 0.236 e. The summed E-state index contributed by atoms with van der Waals surface area (Å²) in [5.41, 5.74) is 11.8. The summed E-state index contributed by atoms with van der Waals surface area (Å²) in [5.74, 6) is -0.0207. The normalized spacial score (nSPS) is 13.9. The Morgan fingerprint density at radius 2 is 1.40 bits per heavy atom. The summed E-state index contributed by atoms with van der Waals surface area (Å²) in [7, 11) is 0. The minimum atomic E-state index is -0.392. The SMILES string of the molecule is CC(CC(C)(C)C)NCCCC[C@@H](N)C(=O)NCCCNCCCCNCCCN. The molecule has 1 amide bonds. The maximum atomic E-state index is 12.1. The smallest absolute Gasteiger partial charge is 0.236 e. The maximum absolute atomic E-state index is 12.1. The summed E-state index contributed by atoms with van der Waals surface area (Å²) in [6.45, 7) is 15.5. The number of carbonyl (C=O) groups excluding carboxylic acids is 1. The number of hydrogen-bond acceptors (Lipinski definition) is 6. The summed E-state index contributed by atoms with van der Waals surface area (Å²) in [6.07, 6.45) is 8.26. The molecule has 30 heavy (non-hydrogen) atoms. The molecule has 180 valence electrons. The van der Waals surface area contributed by atoms with E-state index >= 15 is 0 Å². The summed E-state index contributed by atoms with van der Waals surface area (Å²) < 4.78 is 0. The Balaban J connectivity index is 3.46. The Hall–Kier alpha value is -0.730. The van der Waals surface area contributed by atoms with Gasteiger partial charge in [-0.25, -0.2) is 0 Å². The first-order valence-corrected chi connectivity index (χ1v) is 12.1. The molecule has 0 spiro atoms. The van der Waals surface area contributed by atoms with Gasteiger partial charge in [-0.15, -0.1) is 0 Å². The second-order valence-corrected chi connectivity index (χ2v) is 9.72. The zero-order valence-corrected chi connectivity index (χ0v) is 20.3. The van der Waals surface area contributed by atoms with Gasteiger partial charge >= 0.3 is 0 Å². The van der Waals surface area contributed by atoms with E-state index in [1.807, 2.05) is 0 Å². The first kappa shape index (κ1) is 29.3. The molecule has 0 heterocycles. The quantitative estimate of drug-likeness (QED) is 0.164. The van der Waals surface area contributed by atoms with E-state index in [4.69, 9.17) is 11.5 Å². The summed E-state index contributed by atoms with van der Waals surface area (Å²) >= 11 is 0. The molecule has 0 aliphatic heterocycles. The fourth-order valence-corrected chi connectivity index (χ4v) is 3.49. The van der Waals surface area contributed by atoms with Crippen LogP contribution in [0.2, 0.25) is 0 Å². The molecule has 7 nitrogen and oxygen atoms in total. The van der Waals surface area contributed by atoms with Gasteiger partial charge in [0.05, 0.1) is 6.04 Å². The van der Waals surface area contributed by atoms with Gasteiger partial charge in [0.15, 0.2) is 0 Å². The van der Waals surface area contributed by atoms with E-state index in [0.29, 0.717) is 18.0 Å². The highest BCUT2D eigenvalue weighted by Gasteiger charge is 2.15. The van der Waals surface area contributed by atoms with Crippen LogP contribution in [0.5, 0.6) is 0 Å². The Morgan fingerprint density at radius 1 is 0.833 bits per heavy atom. The van der Waals surface area contributed by atoms with E-state index in [9.17, 15) is 4.79 Å². The van der Waals surface area contributed by atoms with E-state index in [0.717, 1.165) is 84.2 Å².